The number of hydrogen-bond acceptors (Lipinski definition) is 10. The minimum absolute atomic E-state index is 0.0132. The van der Waals surface area contributed by atoms with E-state index in [1.807, 2.05) is 12.1 Å². The van der Waals surface area contributed by atoms with Crippen LogP contribution in [0.2, 0.25) is 0 Å². The summed E-state index contributed by atoms with van der Waals surface area (Å²) in [4.78, 5) is 40.1. The Hall–Kier alpha value is -4.17. The number of nitrogens with one attached hydrogen (secondary N) is 1. The fourth-order valence-corrected chi connectivity index (χ4v) is 8.42. The summed E-state index contributed by atoms with van der Waals surface area (Å²) in [6, 6.07) is 8.58. The van der Waals surface area contributed by atoms with Gasteiger partial charge in [-0.3, -0.25) is 9.59 Å². The summed E-state index contributed by atoms with van der Waals surface area (Å²) < 4.78 is 11.8. The molecule has 0 aromatic heterocycles. The molecule has 2 aliphatic heterocycles. The Bertz CT molecular complexity index is 1770. The molecule has 10 heteroatoms. The summed E-state index contributed by atoms with van der Waals surface area (Å²) in [6.07, 6.45) is 4.97. The number of aliphatic hydroxyl groups is 3. The van der Waals surface area contributed by atoms with Crippen LogP contribution in [0.4, 0.5) is 5.69 Å². The van der Waals surface area contributed by atoms with E-state index in [0.29, 0.717) is 52.8 Å². The van der Waals surface area contributed by atoms with E-state index in [-0.39, 0.29) is 55.6 Å². The summed E-state index contributed by atoms with van der Waals surface area (Å²) in [5.41, 5.74) is 1.34. The molecule has 1 spiro atoms. The molecule has 0 radical (unpaired) electrons. The largest absolute Gasteiger partial charge is 0.508 e. The maximum absolute atomic E-state index is 14.2. The molecule has 2 aliphatic carbocycles. The van der Waals surface area contributed by atoms with Crippen LogP contribution in [-0.4, -0.2) is 62.5 Å². The number of anilines is 1. The second-order valence-corrected chi connectivity index (χ2v) is 15.1. The number of cyclic esters (lactones) is 1. The van der Waals surface area contributed by atoms with Gasteiger partial charge in [-0.1, -0.05) is 36.8 Å². The van der Waals surface area contributed by atoms with E-state index in [9.17, 15) is 34.8 Å². The second-order valence-electron chi connectivity index (χ2n) is 15.1. The summed E-state index contributed by atoms with van der Waals surface area (Å²) in [5.74, 6) is 4.32. The van der Waals surface area contributed by atoms with Crippen molar-refractivity contribution >= 4 is 23.4 Å². The first-order valence-corrected chi connectivity index (χ1v) is 18.2. The molecule has 2 heterocycles. The molecule has 2 aromatic rings. The first kappa shape index (κ1) is 36.6. The van der Waals surface area contributed by atoms with Crippen LogP contribution in [0.25, 0.3) is 0 Å². The average Bonchev–Trinajstić information content (AvgIpc) is 3.57. The number of hydrogen-bond donors (Lipinski definition) is 5. The minimum Gasteiger partial charge on any atom is -0.508 e. The summed E-state index contributed by atoms with van der Waals surface area (Å²) >= 11 is 0. The van der Waals surface area contributed by atoms with Crippen LogP contribution < -0.4 is 10.1 Å². The number of esters is 2. The van der Waals surface area contributed by atoms with E-state index >= 15 is 0 Å². The van der Waals surface area contributed by atoms with Crippen LogP contribution in [0.1, 0.15) is 113 Å². The Balaban J connectivity index is 1.43. The van der Waals surface area contributed by atoms with Gasteiger partial charge in [0.2, 0.25) is 0 Å². The summed E-state index contributed by atoms with van der Waals surface area (Å²) in [5, 5.41) is 46.8. The number of phenols is 1. The number of aliphatic hydroxyl groups excluding tert-OH is 2. The van der Waals surface area contributed by atoms with Crippen LogP contribution in [0.5, 0.6) is 11.5 Å². The van der Waals surface area contributed by atoms with Crippen LogP contribution >= 0.6 is 0 Å². The third kappa shape index (κ3) is 7.71. The van der Waals surface area contributed by atoms with Gasteiger partial charge in [0, 0.05) is 53.6 Å². The zero-order valence-corrected chi connectivity index (χ0v) is 29.7. The third-order valence-corrected chi connectivity index (χ3v) is 11.5. The lowest BCUT2D eigenvalue weighted by molar-refractivity contribution is -0.173. The maximum atomic E-state index is 14.2. The number of aromatic hydroxyl groups is 1. The highest BCUT2D eigenvalue weighted by atomic mass is 16.6. The molecular formula is C41H49NO9. The first-order valence-electron chi connectivity index (χ1n) is 18.2. The first-order chi connectivity index (χ1) is 24.3. The van der Waals surface area contributed by atoms with Gasteiger partial charge < -0.3 is 35.2 Å². The molecule has 4 aliphatic rings. The molecule has 0 amide bonds. The lowest BCUT2D eigenvalue weighted by atomic mass is 9.62. The maximum Gasteiger partial charge on any atom is 0.334 e. The van der Waals surface area contributed by atoms with E-state index in [2.05, 4.69) is 17.2 Å². The molecule has 272 valence electrons. The third-order valence-electron chi connectivity index (χ3n) is 11.5. The molecule has 6 atom stereocenters. The topological polar surface area (TPSA) is 163 Å². The van der Waals surface area contributed by atoms with Crippen molar-refractivity contribution in [3.05, 3.63) is 64.2 Å². The number of Topliss-reactive ketones (excluding diaryl/α,β-unsaturated/α-hetero) is 1. The van der Waals surface area contributed by atoms with Crippen molar-refractivity contribution in [1.29, 1.82) is 0 Å². The molecule has 5 N–H and O–H groups in total. The number of fused-ring (bicyclic) bond motifs is 1. The van der Waals surface area contributed by atoms with E-state index in [1.54, 1.807) is 39.0 Å². The summed E-state index contributed by atoms with van der Waals surface area (Å²) in [6.45, 7) is 5.12. The van der Waals surface area contributed by atoms with Gasteiger partial charge in [-0.25, -0.2) is 4.79 Å². The van der Waals surface area contributed by atoms with E-state index in [0.717, 1.165) is 25.7 Å². The molecular weight excluding hydrogens is 650 g/mol. The fraction of sp³-hybridized carbons (Fsp3) is 0.537. The molecule has 2 bridgehead atoms. The number of phenolic OH excluding ortho intramolecular Hbond substituents is 1. The van der Waals surface area contributed by atoms with E-state index < -0.39 is 47.0 Å². The number of ketones is 1. The minimum atomic E-state index is -1.55. The van der Waals surface area contributed by atoms with Gasteiger partial charge in [-0.15, -0.1) is 0 Å². The normalized spacial score (nSPS) is 27.2. The van der Waals surface area contributed by atoms with Gasteiger partial charge >= 0.3 is 11.9 Å². The van der Waals surface area contributed by atoms with Gasteiger partial charge in [-0.2, -0.15) is 0 Å². The molecule has 10 nitrogen and oxygen atoms in total. The van der Waals surface area contributed by atoms with Gasteiger partial charge in [0.15, 0.2) is 0 Å². The van der Waals surface area contributed by atoms with Crippen molar-refractivity contribution < 1.29 is 44.3 Å². The van der Waals surface area contributed by atoms with Crippen molar-refractivity contribution in [2.45, 2.75) is 121 Å². The molecule has 2 saturated carbocycles. The van der Waals surface area contributed by atoms with Crippen molar-refractivity contribution in [1.82, 2.24) is 0 Å². The highest BCUT2D eigenvalue weighted by molar-refractivity contribution is 5.89. The quantitative estimate of drug-likeness (QED) is 0.110. The molecule has 2 aromatic carbocycles. The Morgan fingerprint density at radius 2 is 1.80 bits per heavy atom. The Morgan fingerprint density at radius 3 is 2.51 bits per heavy atom. The monoisotopic (exact) mass is 699 g/mol. The van der Waals surface area contributed by atoms with Crippen molar-refractivity contribution in [2.24, 2.45) is 11.3 Å². The van der Waals surface area contributed by atoms with Gasteiger partial charge in [0.05, 0.1) is 25.0 Å². The Kier molecular flexibility index (Phi) is 10.6. The predicted octanol–water partition coefficient (Wildman–Crippen LogP) is 5.34. The smallest absolute Gasteiger partial charge is 0.334 e. The number of benzene rings is 2. The van der Waals surface area contributed by atoms with E-state index in [1.165, 1.54) is 6.07 Å². The lowest BCUT2D eigenvalue weighted by Crippen LogP contribution is -2.53. The predicted molar refractivity (Wildman–Crippen MR) is 190 cm³/mol. The zero-order chi connectivity index (χ0) is 36.5. The van der Waals surface area contributed by atoms with Crippen LogP contribution in [0, 0.1) is 23.2 Å². The van der Waals surface area contributed by atoms with Gasteiger partial charge in [0.1, 0.15) is 29.0 Å². The zero-order valence-electron chi connectivity index (χ0n) is 29.7. The van der Waals surface area contributed by atoms with Gasteiger partial charge in [0.25, 0.3) is 0 Å². The lowest BCUT2D eigenvalue weighted by Gasteiger charge is -2.45. The Morgan fingerprint density at radius 1 is 1.06 bits per heavy atom. The molecule has 0 saturated heterocycles. The van der Waals surface area contributed by atoms with Crippen LogP contribution in [0.3, 0.4) is 0 Å². The number of rotatable bonds is 7. The average molecular weight is 700 g/mol. The van der Waals surface area contributed by atoms with Crippen molar-refractivity contribution in [3.8, 4) is 23.3 Å². The Labute approximate surface area is 299 Å². The second kappa shape index (κ2) is 14.8. The van der Waals surface area contributed by atoms with E-state index in [4.69, 9.17) is 9.47 Å². The SMILES string of the molecule is CC=C1CC(c2cc(CO)cc(NCC(C)O)c2)C#CC2CC(=O)Oc3cc(O)c(cc32)CC(C(C)(O)C2CCC(=O)C3(CCCC3)C2)OC1=O. The number of carbonyl (C=O) groups excluding carboxylic acids is 3. The highest BCUT2D eigenvalue weighted by Gasteiger charge is 2.52. The fourth-order valence-electron chi connectivity index (χ4n) is 8.42. The number of carbonyl (C=O) groups is 3. The number of allylic oxidation sites excluding steroid dienone is 1. The standard InChI is InChI=1S/C41H49NO9/c1-4-26-15-27(29-13-25(23-43)14-32(16-29)42-22-24(2)44)7-8-28-19-38(47)50-35-20-34(45)30(17-33(28)35)18-37(51-39(26)48)40(3,49)31-9-10-36(46)41(21-31)11-5-6-12-41/h4,13-14,16-17,20,24,27-28,31,37,42-45,49H,5-6,9-12,15,18-19,21-23H2,1-3H3. The van der Waals surface area contributed by atoms with Crippen LogP contribution in [-0.2, 0) is 32.1 Å². The highest BCUT2D eigenvalue weighted by Crippen LogP contribution is 2.52. The molecule has 51 heavy (non-hydrogen) atoms. The molecule has 2 fully saturated rings. The van der Waals surface area contributed by atoms with Crippen molar-refractivity contribution in [3.63, 3.8) is 0 Å². The molecule has 6 rings (SSSR count). The van der Waals surface area contributed by atoms with Gasteiger partial charge in [-0.05, 0) is 93.7 Å². The number of ether oxygens (including phenoxy) is 2. The summed E-state index contributed by atoms with van der Waals surface area (Å²) in [7, 11) is 0. The van der Waals surface area contributed by atoms with Crippen molar-refractivity contribution in [2.75, 3.05) is 11.9 Å². The van der Waals surface area contributed by atoms with Crippen LogP contribution in [0.15, 0.2) is 42.0 Å². The molecule has 6 unspecified atom stereocenters.